The Labute approximate surface area is 102 Å². The summed E-state index contributed by atoms with van der Waals surface area (Å²) < 4.78 is 0. The van der Waals surface area contributed by atoms with Crippen molar-refractivity contribution in [3.63, 3.8) is 0 Å². The van der Waals surface area contributed by atoms with Crippen LogP contribution in [0.3, 0.4) is 0 Å². The molecule has 1 fully saturated rings. The number of hydrogen-bond acceptors (Lipinski definition) is 4. The van der Waals surface area contributed by atoms with Crippen LogP contribution in [0.1, 0.15) is 33.1 Å². The molecular formula is C13H19N3O. The lowest BCUT2D eigenvalue weighted by molar-refractivity contribution is 0.122. The van der Waals surface area contributed by atoms with Gasteiger partial charge in [-0.25, -0.2) is 0 Å². The van der Waals surface area contributed by atoms with Gasteiger partial charge in [0.15, 0.2) is 5.84 Å². The molecule has 1 atom stereocenters. The number of nitrogens with zero attached hydrogens (tertiary/aromatic N) is 2. The van der Waals surface area contributed by atoms with E-state index in [4.69, 9.17) is 0 Å². The molecular weight excluding hydrogens is 214 g/mol. The van der Waals surface area contributed by atoms with E-state index in [9.17, 15) is 5.11 Å². The fourth-order valence-electron chi connectivity index (χ4n) is 2.61. The molecule has 2 heterocycles. The summed E-state index contributed by atoms with van der Waals surface area (Å²) >= 11 is 0. The van der Waals surface area contributed by atoms with Crippen molar-refractivity contribution in [2.75, 3.05) is 0 Å². The van der Waals surface area contributed by atoms with Crippen LogP contribution in [-0.2, 0) is 0 Å². The molecule has 3 aliphatic rings. The molecule has 0 spiro atoms. The van der Waals surface area contributed by atoms with Crippen LogP contribution in [0.15, 0.2) is 29.0 Å². The Morgan fingerprint density at radius 1 is 1.47 bits per heavy atom. The highest BCUT2D eigenvalue weighted by molar-refractivity contribution is 6.02. The zero-order valence-corrected chi connectivity index (χ0v) is 10.3. The summed E-state index contributed by atoms with van der Waals surface area (Å²) in [7, 11) is 0. The maximum Gasteiger partial charge on any atom is 0.160 e. The Morgan fingerprint density at radius 2 is 2.24 bits per heavy atom. The average Bonchev–Trinajstić information content (AvgIpc) is 2.58. The van der Waals surface area contributed by atoms with Crippen molar-refractivity contribution in [3.8, 4) is 0 Å². The molecule has 0 amide bonds. The summed E-state index contributed by atoms with van der Waals surface area (Å²) in [5.41, 5.74) is 3.25. The highest BCUT2D eigenvalue weighted by Gasteiger charge is 2.40. The Morgan fingerprint density at radius 3 is 2.82 bits per heavy atom. The lowest BCUT2D eigenvalue weighted by atomic mass is 9.82. The lowest BCUT2D eigenvalue weighted by Gasteiger charge is -2.38. The largest absolute Gasteiger partial charge is 0.386 e. The number of amidine groups is 1. The standard InChI is InChI=1S/C13H19N3O/c1-13(2,17)10-7-4-8-16-11(9-5-3-6-9)14-15-12(10)16/h4,7-9,11,14,17H,3,5-6H2,1-2H3. The summed E-state index contributed by atoms with van der Waals surface area (Å²) in [6, 6.07) is 0. The number of nitrogens with one attached hydrogen (secondary N) is 1. The van der Waals surface area contributed by atoms with Crippen LogP contribution in [0.2, 0.25) is 0 Å². The van der Waals surface area contributed by atoms with Gasteiger partial charge in [0.25, 0.3) is 0 Å². The van der Waals surface area contributed by atoms with Crippen LogP contribution in [-0.4, -0.2) is 27.6 Å². The second-order valence-electron chi connectivity index (χ2n) is 5.59. The molecule has 17 heavy (non-hydrogen) atoms. The smallest absolute Gasteiger partial charge is 0.160 e. The van der Waals surface area contributed by atoms with Gasteiger partial charge in [0.1, 0.15) is 6.17 Å². The normalized spacial score (nSPS) is 28.2. The van der Waals surface area contributed by atoms with Gasteiger partial charge in [0.2, 0.25) is 0 Å². The molecule has 2 N–H and O–H groups in total. The first-order valence-electron chi connectivity index (χ1n) is 6.30. The third kappa shape index (κ3) is 1.67. The molecule has 92 valence electrons. The maximum atomic E-state index is 10.1. The number of allylic oxidation sites excluding steroid dienone is 2. The molecule has 0 bridgehead atoms. The van der Waals surface area contributed by atoms with Crippen molar-refractivity contribution in [1.29, 1.82) is 0 Å². The third-order valence-electron chi connectivity index (χ3n) is 3.85. The van der Waals surface area contributed by atoms with E-state index in [1.165, 1.54) is 19.3 Å². The predicted molar refractivity (Wildman–Crippen MR) is 67.1 cm³/mol. The maximum absolute atomic E-state index is 10.1. The van der Waals surface area contributed by atoms with E-state index in [1.54, 1.807) is 13.8 Å². The molecule has 0 aromatic carbocycles. The van der Waals surface area contributed by atoms with Gasteiger partial charge >= 0.3 is 0 Å². The van der Waals surface area contributed by atoms with Gasteiger partial charge in [-0.05, 0) is 38.7 Å². The molecule has 1 saturated carbocycles. The lowest BCUT2D eigenvalue weighted by Crippen LogP contribution is -2.47. The van der Waals surface area contributed by atoms with Crippen molar-refractivity contribution in [3.05, 3.63) is 23.9 Å². The minimum absolute atomic E-state index is 0.279. The summed E-state index contributed by atoms with van der Waals surface area (Å²) in [4.78, 5) is 2.16. The second kappa shape index (κ2) is 3.60. The minimum Gasteiger partial charge on any atom is -0.386 e. The number of hydrogen-bond donors (Lipinski definition) is 2. The van der Waals surface area contributed by atoms with Crippen LogP contribution in [0.5, 0.6) is 0 Å². The van der Waals surface area contributed by atoms with Crippen molar-refractivity contribution >= 4 is 5.84 Å². The van der Waals surface area contributed by atoms with Gasteiger partial charge in [-0.1, -0.05) is 12.5 Å². The quantitative estimate of drug-likeness (QED) is 0.761. The topological polar surface area (TPSA) is 47.9 Å². The number of rotatable bonds is 2. The van der Waals surface area contributed by atoms with E-state index in [0.717, 1.165) is 11.4 Å². The Balaban J connectivity index is 1.85. The van der Waals surface area contributed by atoms with Gasteiger partial charge in [0.05, 0.1) is 5.60 Å². The van der Waals surface area contributed by atoms with Crippen molar-refractivity contribution in [2.45, 2.75) is 44.9 Å². The predicted octanol–water partition coefficient (Wildman–Crippen LogP) is 1.56. The molecule has 4 heteroatoms. The zero-order valence-electron chi connectivity index (χ0n) is 10.3. The molecule has 0 saturated heterocycles. The van der Waals surface area contributed by atoms with E-state index < -0.39 is 5.60 Å². The fourth-order valence-corrected chi connectivity index (χ4v) is 2.61. The molecule has 2 aliphatic heterocycles. The monoisotopic (exact) mass is 233 g/mol. The fraction of sp³-hybridized carbons (Fsp3) is 0.615. The van der Waals surface area contributed by atoms with Crippen LogP contribution in [0.25, 0.3) is 0 Å². The minimum atomic E-state index is -0.849. The van der Waals surface area contributed by atoms with Crippen molar-refractivity contribution in [2.24, 2.45) is 11.0 Å². The summed E-state index contributed by atoms with van der Waals surface area (Å²) in [5, 5.41) is 14.6. The highest BCUT2D eigenvalue weighted by Crippen LogP contribution is 2.35. The first kappa shape index (κ1) is 10.8. The van der Waals surface area contributed by atoms with E-state index >= 15 is 0 Å². The van der Waals surface area contributed by atoms with E-state index in [-0.39, 0.29) is 6.17 Å². The van der Waals surface area contributed by atoms with Crippen molar-refractivity contribution < 1.29 is 5.11 Å². The second-order valence-corrected chi connectivity index (χ2v) is 5.59. The van der Waals surface area contributed by atoms with E-state index in [2.05, 4.69) is 21.6 Å². The highest BCUT2D eigenvalue weighted by atomic mass is 16.3. The molecule has 3 rings (SSSR count). The molecule has 0 aromatic heterocycles. The Bertz CT molecular complexity index is 413. The van der Waals surface area contributed by atoms with Gasteiger partial charge in [-0.3, -0.25) is 5.43 Å². The van der Waals surface area contributed by atoms with Gasteiger partial charge in [0, 0.05) is 11.8 Å². The van der Waals surface area contributed by atoms with Gasteiger partial charge in [-0.15, -0.1) is 0 Å². The third-order valence-corrected chi connectivity index (χ3v) is 3.85. The van der Waals surface area contributed by atoms with Gasteiger partial charge < -0.3 is 10.0 Å². The molecule has 0 aromatic rings. The molecule has 1 aliphatic carbocycles. The van der Waals surface area contributed by atoms with Crippen molar-refractivity contribution in [1.82, 2.24) is 10.3 Å². The Kier molecular flexibility index (Phi) is 2.30. The Hall–Kier alpha value is -1.29. The molecule has 0 radical (unpaired) electrons. The zero-order chi connectivity index (χ0) is 12.0. The van der Waals surface area contributed by atoms with Crippen LogP contribution in [0, 0.1) is 5.92 Å². The summed E-state index contributed by atoms with van der Waals surface area (Å²) in [5.74, 6) is 1.55. The average molecular weight is 233 g/mol. The number of hydrazone groups is 1. The summed E-state index contributed by atoms with van der Waals surface area (Å²) in [6.07, 6.45) is 10.1. The summed E-state index contributed by atoms with van der Waals surface area (Å²) in [6.45, 7) is 3.60. The number of aliphatic hydroxyl groups is 1. The number of fused-ring (bicyclic) bond motifs is 1. The first-order chi connectivity index (χ1) is 8.07. The van der Waals surface area contributed by atoms with Crippen LogP contribution >= 0.6 is 0 Å². The van der Waals surface area contributed by atoms with Crippen LogP contribution in [0.4, 0.5) is 0 Å². The van der Waals surface area contributed by atoms with E-state index in [1.807, 2.05) is 12.2 Å². The molecule has 4 nitrogen and oxygen atoms in total. The SMILES string of the molecule is CC(C)(O)C1=CC=CN2C1=NNC2C1CCC1. The van der Waals surface area contributed by atoms with Crippen LogP contribution < -0.4 is 5.43 Å². The van der Waals surface area contributed by atoms with Gasteiger partial charge in [-0.2, -0.15) is 5.10 Å². The molecule has 1 unspecified atom stereocenters. The van der Waals surface area contributed by atoms with E-state index in [0.29, 0.717) is 5.92 Å². The first-order valence-corrected chi connectivity index (χ1v) is 6.30.